The number of aromatic nitrogens is 2. The third kappa shape index (κ3) is 4.85. The minimum atomic E-state index is -0.746. The van der Waals surface area contributed by atoms with Crippen LogP contribution in [-0.4, -0.2) is 46.0 Å². The first-order chi connectivity index (χ1) is 13.0. The van der Waals surface area contributed by atoms with Gasteiger partial charge in [-0.15, -0.1) is 0 Å². The number of nitrogens with zero attached hydrogens (tertiary/aromatic N) is 4. The molecule has 0 radical (unpaired) electrons. The molecular formula is C17H20F2N6O2. The van der Waals surface area contributed by atoms with Gasteiger partial charge in [-0.25, -0.2) is 18.7 Å². The van der Waals surface area contributed by atoms with Crippen molar-refractivity contribution >= 4 is 23.0 Å². The second-order valence-corrected chi connectivity index (χ2v) is 6.25. The van der Waals surface area contributed by atoms with E-state index in [0.29, 0.717) is 6.54 Å². The minimum Gasteiger partial charge on any atom is -0.363 e. The monoisotopic (exact) mass is 378 g/mol. The number of hydrogen-bond donors (Lipinski definition) is 2. The largest absolute Gasteiger partial charge is 0.363 e. The van der Waals surface area contributed by atoms with Gasteiger partial charge in [-0.05, 0) is 38.1 Å². The molecule has 0 atom stereocenters. The number of likely N-dealkylation sites (tertiary alicyclic amines) is 1. The van der Waals surface area contributed by atoms with Gasteiger partial charge in [-0.3, -0.25) is 10.1 Å². The predicted molar refractivity (Wildman–Crippen MR) is 97.1 cm³/mol. The summed E-state index contributed by atoms with van der Waals surface area (Å²) in [5, 5.41) is 17.0. The van der Waals surface area contributed by atoms with Crippen LogP contribution in [0.3, 0.4) is 0 Å². The van der Waals surface area contributed by atoms with Gasteiger partial charge < -0.3 is 15.5 Å². The Morgan fingerprint density at radius 1 is 1.15 bits per heavy atom. The Balaban J connectivity index is 1.75. The number of hydrogen-bond acceptors (Lipinski definition) is 7. The van der Waals surface area contributed by atoms with Crippen molar-refractivity contribution in [3.63, 3.8) is 0 Å². The molecule has 8 nitrogen and oxygen atoms in total. The first-order valence-electron chi connectivity index (χ1n) is 8.72. The average molecular weight is 378 g/mol. The van der Waals surface area contributed by atoms with Crippen molar-refractivity contribution in [3.05, 3.63) is 46.3 Å². The number of nitro groups is 1. The van der Waals surface area contributed by atoms with Gasteiger partial charge in [0.15, 0.2) is 0 Å². The average Bonchev–Trinajstić information content (AvgIpc) is 2.65. The molecule has 0 spiro atoms. The lowest BCUT2D eigenvalue weighted by Gasteiger charge is -2.26. The lowest BCUT2D eigenvalue weighted by atomic mass is 10.1. The highest BCUT2D eigenvalue weighted by molar-refractivity contribution is 5.73. The maximum atomic E-state index is 13.8. The Hall–Kier alpha value is -2.88. The fourth-order valence-corrected chi connectivity index (χ4v) is 3.01. The van der Waals surface area contributed by atoms with E-state index in [4.69, 9.17) is 0 Å². The van der Waals surface area contributed by atoms with E-state index in [1.54, 1.807) is 0 Å². The molecule has 1 fully saturated rings. The third-order valence-electron chi connectivity index (χ3n) is 4.36. The van der Waals surface area contributed by atoms with Crippen molar-refractivity contribution in [2.45, 2.75) is 19.3 Å². The Bertz CT molecular complexity index is 814. The highest BCUT2D eigenvalue weighted by Crippen LogP contribution is 2.31. The highest BCUT2D eigenvalue weighted by atomic mass is 19.1. The van der Waals surface area contributed by atoms with E-state index in [-0.39, 0.29) is 17.3 Å². The number of rotatable bonds is 7. The fourth-order valence-electron chi connectivity index (χ4n) is 3.01. The summed E-state index contributed by atoms with van der Waals surface area (Å²) in [6.07, 6.45) is 4.67. The maximum absolute atomic E-state index is 13.8. The van der Waals surface area contributed by atoms with Crippen LogP contribution in [0.15, 0.2) is 24.5 Å². The first-order valence-corrected chi connectivity index (χ1v) is 8.72. The second-order valence-electron chi connectivity index (χ2n) is 6.25. The van der Waals surface area contributed by atoms with E-state index in [1.807, 2.05) is 0 Å². The normalized spacial score (nSPS) is 14.7. The third-order valence-corrected chi connectivity index (χ3v) is 4.36. The van der Waals surface area contributed by atoms with Crippen LogP contribution in [-0.2, 0) is 0 Å². The smallest absolute Gasteiger partial charge is 0.353 e. The Morgan fingerprint density at radius 3 is 2.63 bits per heavy atom. The van der Waals surface area contributed by atoms with Crippen molar-refractivity contribution in [1.29, 1.82) is 0 Å². The van der Waals surface area contributed by atoms with Gasteiger partial charge in [0.1, 0.15) is 18.0 Å². The summed E-state index contributed by atoms with van der Waals surface area (Å²) in [5.74, 6) is -1.59. The van der Waals surface area contributed by atoms with Crippen molar-refractivity contribution in [3.8, 4) is 0 Å². The van der Waals surface area contributed by atoms with Crippen LogP contribution >= 0.6 is 0 Å². The van der Waals surface area contributed by atoms with Crippen LogP contribution < -0.4 is 10.6 Å². The molecule has 2 N–H and O–H groups in total. The zero-order valence-electron chi connectivity index (χ0n) is 14.6. The lowest BCUT2D eigenvalue weighted by molar-refractivity contribution is -0.383. The fraction of sp³-hybridized carbons (Fsp3) is 0.412. The summed E-state index contributed by atoms with van der Waals surface area (Å²) in [4.78, 5) is 20.9. The first kappa shape index (κ1) is 18.9. The summed E-state index contributed by atoms with van der Waals surface area (Å²) in [6, 6.07) is 2.80. The van der Waals surface area contributed by atoms with Crippen LogP contribution in [0.5, 0.6) is 0 Å². The zero-order chi connectivity index (χ0) is 19.2. The van der Waals surface area contributed by atoms with Crippen molar-refractivity contribution in [2.75, 3.05) is 36.8 Å². The summed E-state index contributed by atoms with van der Waals surface area (Å²) in [6.45, 7) is 3.24. The van der Waals surface area contributed by atoms with Gasteiger partial charge >= 0.3 is 5.69 Å². The Labute approximate surface area is 154 Å². The second kappa shape index (κ2) is 8.67. The highest BCUT2D eigenvalue weighted by Gasteiger charge is 2.24. The molecule has 3 rings (SSSR count). The van der Waals surface area contributed by atoms with Crippen LogP contribution in [0.4, 0.5) is 31.8 Å². The van der Waals surface area contributed by atoms with Gasteiger partial charge in [0.05, 0.1) is 10.6 Å². The molecule has 1 aromatic carbocycles. The molecule has 0 aliphatic carbocycles. The molecule has 1 aliphatic rings. The molecule has 0 saturated carbocycles. The van der Waals surface area contributed by atoms with E-state index in [1.165, 1.54) is 6.42 Å². The van der Waals surface area contributed by atoms with Crippen LogP contribution in [0, 0.1) is 21.7 Å². The number of anilines is 3. The van der Waals surface area contributed by atoms with Gasteiger partial charge in [0.25, 0.3) is 0 Å². The number of nitrogens with one attached hydrogen (secondary N) is 2. The van der Waals surface area contributed by atoms with Crippen molar-refractivity contribution < 1.29 is 13.7 Å². The summed E-state index contributed by atoms with van der Waals surface area (Å²) in [7, 11) is 0. The quantitative estimate of drug-likeness (QED) is 0.564. The summed E-state index contributed by atoms with van der Waals surface area (Å²) in [5.41, 5.74) is -0.657. The molecule has 0 bridgehead atoms. The van der Waals surface area contributed by atoms with E-state index in [0.717, 1.165) is 57.0 Å². The van der Waals surface area contributed by atoms with Gasteiger partial charge in [0, 0.05) is 19.2 Å². The van der Waals surface area contributed by atoms with Crippen molar-refractivity contribution in [2.24, 2.45) is 0 Å². The molecule has 0 unspecified atom stereocenters. The molecule has 0 amide bonds. The molecule has 10 heteroatoms. The molecule has 144 valence electrons. The number of halogens is 2. The molecule has 2 heterocycles. The maximum Gasteiger partial charge on any atom is 0.353 e. The van der Waals surface area contributed by atoms with E-state index < -0.39 is 22.2 Å². The minimum absolute atomic E-state index is 0.0336. The van der Waals surface area contributed by atoms with Gasteiger partial charge in [0.2, 0.25) is 11.6 Å². The zero-order valence-corrected chi connectivity index (χ0v) is 14.6. The van der Waals surface area contributed by atoms with Gasteiger partial charge in [-0.1, -0.05) is 6.42 Å². The molecule has 1 aliphatic heterocycles. The topological polar surface area (TPSA) is 96.2 Å². The van der Waals surface area contributed by atoms with Crippen LogP contribution in [0.25, 0.3) is 0 Å². The molecule has 1 aromatic heterocycles. The summed E-state index contributed by atoms with van der Waals surface area (Å²) < 4.78 is 27.2. The lowest BCUT2D eigenvalue weighted by Crippen LogP contribution is -2.33. The Kier molecular flexibility index (Phi) is 6.07. The molecular weight excluding hydrogens is 358 g/mol. The Morgan fingerprint density at radius 2 is 1.89 bits per heavy atom. The van der Waals surface area contributed by atoms with Gasteiger partial charge in [-0.2, -0.15) is 0 Å². The van der Waals surface area contributed by atoms with E-state index >= 15 is 0 Å². The summed E-state index contributed by atoms with van der Waals surface area (Å²) >= 11 is 0. The molecule has 1 saturated heterocycles. The van der Waals surface area contributed by atoms with E-state index in [9.17, 15) is 18.9 Å². The number of benzene rings is 1. The number of piperidine rings is 1. The van der Waals surface area contributed by atoms with Crippen molar-refractivity contribution in [1.82, 2.24) is 14.9 Å². The standard InChI is InChI=1S/C17H20F2N6O2/c18-12-4-5-13(19)14(10-12)23-17-15(25(26)27)16(21-11-22-17)20-6-9-24-7-2-1-3-8-24/h4-5,10-11H,1-3,6-9H2,(H2,20,21,22,23). The van der Waals surface area contributed by atoms with Crippen LogP contribution in [0.1, 0.15) is 19.3 Å². The molecule has 2 aromatic rings. The molecule has 27 heavy (non-hydrogen) atoms. The predicted octanol–water partition coefficient (Wildman–Crippen LogP) is 3.30. The SMILES string of the molecule is O=[N+]([O-])c1c(NCCN2CCCCC2)ncnc1Nc1cc(F)ccc1F. The van der Waals surface area contributed by atoms with Crippen LogP contribution in [0.2, 0.25) is 0 Å². The van der Waals surface area contributed by atoms with E-state index in [2.05, 4.69) is 25.5 Å².